The van der Waals surface area contributed by atoms with Gasteiger partial charge in [-0.15, -0.1) is 0 Å². The summed E-state index contributed by atoms with van der Waals surface area (Å²) in [5.41, 5.74) is 2.09. The van der Waals surface area contributed by atoms with Crippen molar-refractivity contribution in [2.45, 2.75) is 51.4 Å². The normalized spacial score (nSPS) is 25.9. The van der Waals surface area contributed by atoms with E-state index in [1.807, 2.05) is 0 Å². The largest absolute Gasteiger partial charge is 0.193 e. The number of hydrogen-bond donors (Lipinski definition) is 0. The van der Waals surface area contributed by atoms with Crippen molar-refractivity contribution in [1.82, 2.24) is 0 Å². The highest BCUT2D eigenvalue weighted by Crippen LogP contribution is 2.49. The zero-order chi connectivity index (χ0) is 9.15. The maximum atomic E-state index is 8.55. The van der Waals surface area contributed by atoms with Crippen molar-refractivity contribution in [3.8, 4) is 6.07 Å². The van der Waals surface area contributed by atoms with Crippen LogP contribution in [-0.2, 0) is 0 Å². The Balaban J connectivity index is 1.96. The SMILES string of the molecule is N#CC=C1CCC2(CCCC2)CC1. The molecule has 0 unspecified atom stereocenters. The lowest BCUT2D eigenvalue weighted by Crippen LogP contribution is -2.20. The van der Waals surface area contributed by atoms with E-state index in [4.69, 9.17) is 5.26 Å². The van der Waals surface area contributed by atoms with E-state index >= 15 is 0 Å². The maximum Gasteiger partial charge on any atom is 0.0911 e. The first-order valence-corrected chi connectivity index (χ1v) is 5.42. The number of allylic oxidation sites excluding steroid dienone is 2. The van der Waals surface area contributed by atoms with Gasteiger partial charge >= 0.3 is 0 Å². The summed E-state index contributed by atoms with van der Waals surface area (Å²) in [6.07, 6.45) is 12.6. The predicted octanol–water partition coefficient (Wildman–Crippen LogP) is 3.57. The average Bonchev–Trinajstić information content (AvgIpc) is 2.59. The van der Waals surface area contributed by atoms with Gasteiger partial charge in [-0.25, -0.2) is 0 Å². The van der Waals surface area contributed by atoms with Crippen LogP contribution in [0, 0.1) is 16.7 Å². The molecular weight excluding hydrogens is 158 g/mol. The van der Waals surface area contributed by atoms with Crippen LogP contribution in [0.2, 0.25) is 0 Å². The molecule has 2 aliphatic carbocycles. The first kappa shape index (κ1) is 8.81. The van der Waals surface area contributed by atoms with E-state index in [9.17, 15) is 0 Å². The third kappa shape index (κ3) is 1.77. The minimum Gasteiger partial charge on any atom is -0.193 e. The van der Waals surface area contributed by atoms with Crippen molar-refractivity contribution >= 4 is 0 Å². The molecule has 70 valence electrons. The summed E-state index contributed by atoms with van der Waals surface area (Å²) >= 11 is 0. The molecule has 0 saturated heterocycles. The summed E-state index contributed by atoms with van der Waals surface area (Å²) in [7, 11) is 0. The van der Waals surface area contributed by atoms with Crippen molar-refractivity contribution in [2.75, 3.05) is 0 Å². The van der Waals surface area contributed by atoms with Crippen LogP contribution >= 0.6 is 0 Å². The number of nitriles is 1. The minimum absolute atomic E-state index is 0.701. The summed E-state index contributed by atoms with van der Waals surface area (Å²) in [5, 5.41) is 8.55. The molecule has 0 heterocycles. The lowest BCUT2D eigenvalue weighted by Gasteiger charge is -2.34. The topological polar surface area (TPSA) is 23.8 Å². The van der Waals surface area contributed by atoms with Gasteiger partial charge in [0, 0.05) is 6.08 Å². The molecule has 2 rings (SSSR count). The zero-order valence-electron chi connectivity index (χ0n) is 8.18. The fraction of sp³-hybridized carbons (Fsp3) is 0.750. The molecule has 1 spiro atoms. The van der Waals surface area contributed by atoms with Crippen LogP contribution in [0.3, 0.4) is 0 Å². The summed E-state index contributed by atoms with van der Waals surface area (Å²) in [4.78, 5) is 0. The first-order chi connectivity index (χ1) is 6.35. The Hall–Kier alpha value is -0.770. The second kappa shape index (κ2) is 3.54. The molecule has 0 aliphatic heterocycles. The Morgan fingerprint density at radius 3 is 2.23 bits per heavy atom. The van der Waals surface area contributed by atoms with Gasteiger partial charge in [-0.3, -0.25) is 0 Å². The van der Waals surface area contributed by atoms with Crippen molar-refractivity contribution < 1.29 is 0 Å². The Morgan fingerprint density at radius 2 is 1.69 bits per heavy atom. The molecule has 1 nitrogen and oxygen atoms in total. The summed E-state index contributed by atoms with van der Waals surface area (Å²) in [6, 6.07) is 2.15. The quantitative estimate of drug-likeness (QED) is 0.516. The highest BCUT2D eigenvalue weighted by Gasteiger charge is 2.35. The summed E-state index contributed by atoms with van der Waals surface area (Å²) in [6.45, 7) is 0. The molecule has 0 bridgehead atoms. The van der Waals surface area contributed by atoms with Gasteiger partial charge in [-0.1, -0.05) is 18.4 Å². The molecule has 0 aromatic rings. The van der Waals surface area contributed by atoms with Gasteiger partial charge in [-0.05, 0) is 43.9 Å². The van der Waals surface area contributed by atoms with Gasteiger partial charge in [0.05, 0.1) is 6.07 Å². The fourth-order valence-corrected chi connectivity index (χ4v) is 2.96. The Labute approximate surface area is 80.4 Å². The van der Waals surface area contributed by atoms with Gasteiger partial charge < -0.3 is 0 Å². The van der Waals surface area contributed by atoms with Crippen LogP contribution < -0.4 is 0 Å². The van der Waals surface area contributed by atoms with Gasteiger partial charge in [-0.2, -0.15) is 5.26 Å². The molecule has 2 aliphatic rings. The third-order valence-electron chi connectivity index (χ3n) is 3.89. The average molecular weight is 175 g/mol. The molecule has 13 heavy (non-hydrogen) atoms. The van der Waals surface area contributed by atoms with Gasteiger partial charge in [0.1, 0.15) is 0 Å². The maximum absolute atomic E-state index is 8.55. The second-order valence-electron chi connectivity index (χ2n) is 4.64. The van der Waals surface area contributed by atoms with Crippen LogP contribution in [-0.4, -0.2) is 0 Å². The molecule has 0 amide bonds. The molecule has 0 atom stereocenters. The van der Waals surface area contributed by atoms with Crippen molar-refractivity contribution in [3.05, 3.63) is 11.6 Å². The minimum atomic E-state index is 0.701. The van der Waals surface area contributed by atoms with Crippen molar-refractivity contribution in [1.29, 1.82) is 5.26 Å². The molecule has 2 saturated carbocycles. The summed E-state index contributed by atoms with van der Waals surface area (Å²) < 4.78 is 0. The number of hydrogen-bond acceptors (Lipinski definition) is 1. The highest BCUT2D eigenvalue weighted by atomic mass is 14.4. The van der Waals surface area contributed by atoms with Gasteiger partial charge in [0.15, 0.2) is 0 Å². The van der Waals surface area contributed by atoms with Crippen LogP contribution in [0.4, 0.5) is 0 Å². The van der Waals surface area contributed by atoms with E-state index in [-0.39, 0.29) is 0 Å². The molecule has 2 fully saturated rings. The molecule has 0 radical (unpaired) electrons. The van der Waals surface area contributed by atoms with Crippen molar-refractivity contribution in [2.24, 2.45) is 5.41 Å². The van der Waals surface area contributed by atoms with E-state index in [1.54, 1.807) is 6.08 Å². The molecule has 0 aromatic carbocycles. The van der Waals surface area contributed by atoms with Crippen LogP contribution in [0.25, 0.3) is 0 Å². The van der Waals surface area contributed by atoms with Crippen LogP contribution in [0.15, 0.2) is 11.6 Å². The Bertz CT molecular complexity index is 239. The van der Waals surface area contributed by atoms with E-state index in [2.05, 4.69) is 6.07 Å². The lowest BCUT2D eigenvalue weighted by atomic mass is 9.71. The number of rotatable bonds is 0. The first-order valence-electron chi connectivity index (χ1n) is 5.42. The monoisotopic (exact) mass is 175 g/mol. The third-order valence-corrected chi connectivity index (χ3v) is 3.89. The van der Waals surface area contributed by atoms with E-state index in [0.717, 1.165) is 0 Å². The van der Waals surface area contributed by atoms with Crippen molar-refractivity contribution in [3.63, 3.8) is 0 Å². The fourth-order valence-electron chi connectivity index (χ4n) is 2.96. The molecular formula is C12H17N. The second-order valence-corrected chi connectivity index (χ2v) is 4.64. The Kier molecular flexibility index (Phi) is 2.40. The van der Waals surface area contributed by atoms with Crippen LogP contribution in [0.1, 0.15) is 51.4 Å². The zero-order valence-corrected chi connectivity index (χ0v) is 8.18. The standard InChI is InChI=1S/C12H17N/c13-10-5-11-3-8-12(9-4-11)6-1-2-7-12/h5H,1-4,6-9H2. The van der Waals surface area contributed by atoms with Gasteiger partial charge in [0.2, 0.25) is 0 Å². The molecule has 1 heteroatoms. The number of nitrogens with zero attached hydrogens (tertiary/aromatic N) is 1. The molecule has 0 N–H and O–H groups in total. The van der Waals surface area contributed by atoms with E-state index < -0.39 is 0 Å². The van der Waals surface area contributed by atoms with E-state index in [0.29, 0.717) is 5.41 Å². The molecule has 0 aromatic heterocycles. The van der Waals surface area contributed by atoms with Gasteiger partial charge in [0.25, 0.3) is 0 Å². The predicted molar refractivity (Wildman–Crippen MR) is 53.1 cm³/mol. The van der Waals surface area contributed by atoms with Crippen LogP contribution in [0.5, 0.6) is 0 Å². The highest BCUT2D eigenvalue weighted by molar-refractivity contribution is 5.16. The smallest absolute Gasteiger partial charge is 0.0911 e. The lowest BCUT2D eigenvalue weighted by molar-refractivity contribution is 0.224. The van der Waals surface area contributed by atoms with E-state index in [1.165, 1.54) is 56.9 Å². The summed E-state index contributed by atoms with van der Waals surface area (Å²) in [5.74, 6) is 0. The Morgan fingerprint density at radius 1 is 1.08 bits per heavy atom.